The Labute approximate surface area is 180 Å². The Morgan fingerprint density at radius 3 is 2.63 bits per heavy atom. The van der Waals surface area contributed by atoms with Crippen LogP contribution in [0.5, 0.6) is 0 Å². The van der Waals surface area contributed by atoms with Crippen molar-refractivity contribution in [1.29, 1.82) is 0 Å². The van der Waals surface area contributed by atoms with Crippen LogP contribution in [0.15, 0.2) is 57.9 Å². The Bertz CT molecular complexity index is 1190. The van der Waals surface area contributed by atoms with Gasteiger partial charge in [0.15, 0.2) is 11.0 Å². The van der Waals surface area contributed by atoms with Gasteiger partial charge >= 0.3 is 0 Å². The summed E-state index contributed by atoms with van der Waals surface area (Å²) in [5.74, 6) is 1.03. The van der Waals surface area contributed by atoms with E-state index in [9.17, 15) is 9.18 Å². The normalized spacial score (nSPS) is 10.9. The Hall–Kier alpha value is -3.04. The molecule has 0 aliphatic heterocycles. The summed E-state index contributed by atoms with van der Waals surface area (Å²) in [6, 6.07) is 13.5. The molecule has 0 bridgehead atoms. The molecule has 0 spiro atoms. The van der Waals surface area contributed by atoms with Crippen molar-refractivity contribution in [3.8, 4) is 11.3 Å². The van der Waals surface area contributed by atoms with Crippen LogP contribution in [0.25, 0.3) is 11.3 Å². The Balaban J connectivity index is 1.50. The Morgan fingerprint density at radius 2 is 1.90 bits per heavy atom. The van der Waals surface area contributed by atoms with Gasteiger partial charge in [-0.1, -0.05) is 17.3 Å². The van der Waals surface area contributed by atoms with Crippen LogP contribution in [0.3, 0.4) is 0 Å². The van der Waals surface area contributed by atoms with Gasteiger partial charge in [-0.2, -0.15) is 4.98 Å². The molecule has 2 heterocycles. The number of thiazole rings is 1. The number of hydrogen-bond acceptors (Lipinski definition) is 7. The summed E-state index contributed by atoms with van der Waals surface area (Å²) in [6.07, 6.45) is 0. The summed E-state index contributed by atoms with van der Waals surface area (Å²) in [4.78, 5) is 23.4. The molecule has 1 N–H and O–H groups in total. The average Bonchev–Trinajstić information content (AvgIpc) is 3.32. The van der Waals surface area contributed by atoms with Gasteiger partial charge in [0.25, 0.3) is 5.91 Å². The zero-order valence-corrected chi connectivity index (χ0v) is 17.8. The topological polar surface area (TPSA) is 80.9 Å². The molecule has 0 saturated carbocycles. The molecule has 30 heavy (non-hydrogen) atoms. The molecule has 152 valence electrons. The number of anilines is 1. The summed E-state index contributed by atoms with van der Waals surface area (Å²) in [7, 11) is 0. The summed E-state index contributed by atoms with van der Waals surface area (Å²) in [5.41, 5.74) is 2.07. The molecule has 0 unspecified atom stereocenters. The number of carbonyl (C=O) groups is 1. The minimum absolute atomic E-state index is 0.248. The van der Waals surface area contributed by atoms with Gasteiger partial charge < -0.3 is 4.52 Å². The third-order valence-corrected chi connectivity index (χ3v) is 6.15. The third-order valence-electron chi connectivity index (χ3n) is 4.19. The molecule has 6 nitrogen and oxygen atoms in total. The number of thioether (sulfide) groups is 1. The number of halogens is 1. The average molecular weight is 441 g/mol. The predicted octanol–water partition coefficient (Wildman–Crippen LogP) is 5.49. The van der Waals surface area contributed by atoms with Crippen molar-refractivity contribution in [2.24, 2.45) is 0 Å². The fourth-order valence-corrected chi connectivity index (χ4v) is 4.54. The van der Waals surface area contributed by atoms with Crippen LogP contribution in [0.1, 0.15) is 27.0 Å². The highest BCUT2D eigenvalue weighted by molar-refractivity contribution is 7.98. The number of aromatic nitrogens is 3. The van der Waals surface area contributed by atoms with Gasteiger partial charge in [0.05, 0.1) is 17.0 Å². The first-order valence-electron chi connectivity index (χ1n) is 9.05. The monoisotopic (exact) mass is 440 g/mol. The van der Waals surface area contributed by atoms with E-state index >= 15 is 0 Å². The molecule has 2 aromatic heterocycles. The third kappa shape index (κ3) is 4.58. The van der Waals surface area contributed by atoms with E-state index < -0.39 is 0 Å². The zero-order valence-electron chi connectivity index (χ0n) is 16.2. The molecular formula is C21H17FN4O2S2. The lowest BCUT2D eigenvalue weighted by Gasteiger charge is -2.07. The van der Waals surface area contributed by atoms with Crippen LogP contribution in [0, 0.1) is 19.7 Å². The highest BCUT2D eigenvalue weighted by Crippen LogP contribution is 2.31. The summed E-state index contributed by atoms with van der Waals surface area (Å²) in [5, 5.41) is 7.25. The summed E-state index contributed by atoms with van der Waals surface area (Å²) >= 11 is 2.84. The SMILES string of the molecule is Cc1nc(CSc2ccccc2C(=O)Nc2nc(-c3ccc(F)cc3)c(C)s2)no1. The maximum Gasteiger partial charge on any atom is 0.258 e. The minimum Gasteiger partial charge on any atom is -0.340 e. The molecule has 0 atom stereocenters. The van der Waals surface area contributed by atoms with Gasteiger partial charge in [-0.25, -0.2) is 9.37 Å². The van der Waals surface area contributed by atoms with Crippen molar-refractivity contribution < 1.29 is 13.7 Å². The van der Waals surface area contributed by atoms with Gasteiger partial charge in [-0.15, -0.1) is 23.1 Å². The van der Waals surface area contributed by atoms with E-state index in [0.29, 0.717) is 28.2 Å². The molecule has 4 aromatic rings. The molecule has 0 saturated heterocycles. The van der Waals surface area contributed by atoms with Crippen molar-refractivity contribution in [3.63, 3.8) is 0 Å². The quantitative estimate of drug-likeness (QED) is 0.399. The number of amides is 1. The first-order valence-corrected chi connectivity index (χ1v) is 10.9. The minimum atomic E-state index is -0.301. The lowest BCUT2D eigenvalue weighted by atomic mass is 10.1. The summed E-state index contributed by atoms with van der Waals surface area (Å²) < 4.78 is 18.2. The molecule has 0 aliphatic carbocycles. The van der Waals surface area contributed by atoms with Crippen molar-refractivity contribution >= 4 is 34.1 Å². The van der Waals surface area contributed by atoms with Crippen LogP contribution in [0.4, 0.5) is 9.52 Å². The van der Waals surface area contributed by atoms with E-state index in [-0.39, 0.29) is 11.7 Å². The molecule has 0 radical (unpaired) electrons. The smallest absolute Gasteiger partial charge is 0.258 e. The molecule has 0 fully saturated rings. The second-order valence-corrected chi connectivity index (χ2v) is 8.62. The van der Waals surface area contributed by atoms with Crippen molar-refractivity contribution in [2.75, 3.05) is 5.32 Å². The van der Waals surface area contributed by atoms with E-state index in [0.717, 1.165) is 21.0 Å². The number of benzene rings is 2. The lowest BCUT2D eigenvalue weighted by Crippen LogP contribution is -2.12. The number of carbonyl (C=O) groups excluding carboxylic acids is 1. The molecule has 2 aromatic carbocycles. The largest absolute Gasteiger partial charge is 0.340 e. The van der Waals surface area contributed by atoms with E-state index in [1.165, 1.54) is 35.2 Å². The highest BCUT2D eigenvalue weighted by Gasteiger charge is 2.16. The molecule has 0 aliphatic rings. The highest BCUT2D eigenvalue weighted by atomic mass is 32.2. The van der Waals surface area contributed by atoms with Crippen molar-refractivity contribution in [2.45, 2.75) is 24.5 Å². The van der Waals surface area contributed by atoms with E-state index in [1.54, 1.807) is 25.1 Å². The number of hydrogen-bond donors (Lipinski definition) is 1. The molecule has 1 amide bonds. The Morgan fingerprint density at radius 1 is 1.13 bits per heavy atom. The van der Waals surface area contributed by atoms with Crippen molar-refractivity contribution in [3.05, 3.63) is 76.5 Å². The second-order valence-electron chi connectivity index (χ2n) is 6.40. The fraction of sp³-hybridized carbons (Fsp3) is 0.143. The van der Waals surface area contributed by atoms with Gasteiger partial charge in [0.2, 0.25) is 5.89 Å². The van der Waals surface area contributed by atoms with Crippen LogP contribution in [-0.2, 0) is 5.75 Å². The number of rotatable bonds is 6. The molecule has 9 heteroatoms. The van der Waals surface area contributed by atoms with Gasteiger partial charge in [0, 0.05) is 22.3 Å². The van der Waals surface area contributed by atoms with Crippen molar-refractivity contribution in [1.82, 2.24) is 15.1 Å². The van der Waals surface area contributed by atoms with Gasteiger partial charge in [-0.05, 0) is 43.3 Å². The standard InChI is InChI=1S/C21H17FN4O2S2/c1-12-19(14-7-9-15(22)10-8-14)24-21(30-12)25-20(27)16-5-3-4-6-17(16)29-11-18-23-13(2)28-26-18/h3-10H,11H2,1-2H3,(H,24,25,27). The molecular weight excluding hydrogens is 423 g/mol. The van der Waals surface area contributed by atoms with E-state index in [4.69, 9.17) is 4.52 Å². The van der Waals surface area contributed by atoms with Crippen LogP contribution >= 0.6 is 23.1 Å². The lowest BCUT2D eigenvalue weighted by molar-refractivity contribution is 0.102. The zero-order chi connectivity index (χ0) is 21.1. The maximum atomic E-state index is 13.2. The predicted molar refractivity (Wildman–Crippen MR) is 115 cm³/mol. The van der Waals surface area contributed by atoms with E-state index in [1.807, 2.05) is 25.1 Å². The van der Waals surface area contributed by atoms with Crippen LogP contribution < -0.4 is 5.32 Å². The first-order chi connectivity index (χ1) is 14.5. The van der Waals surface area contributed by atoms with E-state index in [2.05, 4.69) is 20.4 Å². The molecule has 4 rings (SSSR count). The van der Waals surface area contributed by atoms with Gasteiger partial charge in [0.1, 0.15) is 5.82 Å². The van der Waals surface area contributed by atoms with Crippen LogP contribution in [-0.4, -0.2) is 21.0 Å². The van der Waals surface area contributed by atoms with Crippen LogP contribution in [0.2, 0.25) is 0 Å². The summed E-state index contributed by atoms with van der Waals surface area (Å²) in [6.45, 7) is 3.65. The number of nitrogens with one attached hydrogen (secondary N) is 1. The fourth-order valence-electron chi connectivity index (χ4n) is 2.81. The first kappa shape index (κ1) is 20.2. The second kappa shape index (κ2) is 8.76. The van der Waals surface area contributed by atoms with Gasteiger partial charge in [-0.3, -0.25) is 10.1 Å². The Kier molecular flexibility index (Phi) is 5.91. The number of nitrogens with zero attached hydrogens (tertiary/aromatic N) is 3. The number of aryl methyl sites for hydroxylation is 2. The maximum absolute atomic E-state index is 13.2.